The molecular weight excluding hydrogens is 372 g/mol. The number of thiazole rings is 1. The number of sulfonamides is 1. The molecule has 0 unspecified atom stereocenters. The molecule has 1 N–H and O–H groups in total. The molecule has 2 aromatic carbocycles. The third-order valence-electron chi connectivity index (χ3n) is 3.09. The highest BCUT2D eigenvalue weighted by molar-refractivity contribution is 8.00. The molecule has 3 aromatic rings. The summed E-state index contributed by atoms with van der Waals surface area (Å²) in [7, 11) is -3.48. The van der Waals surface area contributed by atoms with Gasteiger partial charge in [0.1, 0.15) is 0 Å². The summed E-state index contributed by atoms with van der Waals surface area (Å²) in [5.74, 6) is -0.0963. The smallest absolute Gasteiger partial charge is 0.236 e. The maximum atomic E-state index is 12.3. The number of aromatic nitrogens is 1. The fourth-order valence-electron chi connectivity index (χ4n) is 2.07. The molecule has 0 spiro atoms. The van der Waals surface area contributed by atoms with Crippen LogP contribution < -0.4 is 4.72 Å². The van der Waals surface area contributed by atoms with Crippen LogP contribution in [0.15, 0.2) is 46.8 Å². The highest BCUT2D eigenvalue weighted by Gasteiger charge is 2.13. The zero-order chi connectivity index (χ0) is 16.4. The molecule has 3 rings (SSSR count). The molecule has 4 nitrogen and oxygen atoms in total. The molecule has 0 atom stereocenters. The van der Waals surface area contributed by atoms with Crippen LogP contribution in [0, 0.1) is 0 Å². The minimum Gasteiger partial charge on any atom is -0.283 e. The molecule has 0 aliphatic heterocycles. The lowest BCUT2D eigenvalue weighted by molar-refractivity contribution is 0.600. The van der Waals surface area contributed by atoms with Crippen molar-refractivity contribution >= 4 is 60.6 Å². The highest BCUT2D eigenvalue weighted by atomic mass is 35.5. The van der Waals surface area contributed by atoms with Crippen LogP contribution >= 0.6 is 34.7 Å². The van der Waals surface area contributed by atoms with Gasteiger partial charge in [-0.15, -0.1) is 11.3 Å². The number of fused-ring (bicyclic) bond motifs is 1. The molecule has 0 fully saturated rings. The van der Waals surface area contributed by atoms with Crippen molar-refractivity contribution in [2.75, 3.05) is 11.0 Å². The van der Waals surface area contributed by atoms with Gasteiger partial charge in [-0.25, -0.2) is 13.4 Å². The minimum atomic E-state index is -3.48. The van der Waals surface area contributed by atoms with Crippen LogP contribution in [0.5, 0.6) is 0 Å². The van der Waals surface area contributed by atoms with Crippen molar-refractivity contribution in [2.45, 2.75) is 10.1 Å². The van der Waals surface area contributed by atoms with Gasteiger partial charge < -0.3 is 0 Å². The number of nitrogens with one attached hydrogen (secondary N) is 1. The Bertz CT molecular complexity index is 937. The van der Waals surface area contributed by atoms with Gasteiger partial charge in [0.25, 0.3) is 0 Å². The number of benzene rings is 2. The fourth-order valence-corrected chi connectivity index (χ4v) is 4.91. The maximum Gasteiger partial charge on any atom is 0.236 e. The number of nitrogens with zero attached hydrogens (tertiary/aromatic N) is 1. The molecule has 8 heteroatoms. The number of rotatable bonds is 5. The van der Waals surface area contributed by atoms with Gasteiger partial charge >= 0.3 is 0 Å². The van der Waals surface area contributed by atoms with Crippen molar-refractivity contribution in [3.05, 3.63) is 53.1 Å². The van der Waals surface area contributed by atoms with E-state index in [0.717, 1.165) is 14.6 Å². The van der Waals surface area contributed by atoms with Gasteiger partial charge in [-0.2, -0.15) is 0 Å². The predicted octanol–water partition coefficient (Wildman–Crippen LogP) is 4.61. The fraction of sp³-hybridized carbons (Fsp3) is 0.133. The van der Waals surface area contributed by atoms with Crippen LogP contribution in [-0.2, 0) is 15.8 Å². The SMILES string of the molecule is CSc1nc2ccc(NS(=O)(=O)Cc3ccc(Cl)cc3)cc2s1. The molecule has 1 aromatic heterocycles. The second-order valence-electron chi connectivity index (χ2n) is 4.85. The van der Waals surface area contributed by atoms with E-state index in [9.17, 15) is 8.42 Å². The summed E-state index contributed by atoms with van der Waals surface area (Å²) >= 11 is 8.93. The van der Waals surface area contributed by atoms with Gasteiger partial charge in [-0.3, -0.25) is 4.72 Å². The van der Waals surface area contributed by atoms with E-state index in [2.05, 4.69) is 9.71 Å². The molecule has 0 saturated carbocycles. The summed E-state index contributed by atoms with van der Waals surface area (Å²) in [4.78, 5) is 4.44. The second-order valence-corrected chi connectivity index (χ2v) is 9.10. The van der Waals surface area contributed by atoms with Gasteiger partial charge in [0, 0.05) is 5.02 Å². The molecule has 0 aliphatic rings. The lowest BCUT2D eigenvalue weighted by Crippen LogP contribution is -2.14. The predicted molar refractivity (Wildman–Crippen MR) is 99.1 cm³/mol. The molecule has 0 radical (unpaired) electrons. The van der Waals surface area contributed by atoms with Crippen molar-refractivity contribution in [1.82, 2.24) is 4.98 Å². The van der Waals surface area contributed by atoms with E-state index in [0.29, 0.717) is 16.3 Å². The van der Waals surface area contributed by atoms with Gasteiger partial charge in [-0.1, -0.05) is 35.5 Å². The van der Waals surface area contributed by atoms with Crippen LogP contribution in [0.2, 0.25) is 5.02 Å². The quantitative estimate of drug-likeness (QED) is 0.652. The Labute approximate surface area is 147 Å². The molecule has 1 heterocycles. The first-order chi connectivity index (χ1) is 10.9. The van der Waals surface area contributed by atoms with Gasteiger partial charge in [-0.05, 0) is 42.2 Å². The van der Waals surface area contributed by atoms with E-state index in [-0.39, 0.29) is 5.75 Å². The van der Waals surface area contributed by atoms with E-state index < -0.39 is 10.0 Å². The minimum absolute atomic E-state index is 0.0963. The second kappa shape index (κ2) is 6.68. The van der Waals surface area contributed by atoms with E-state index in [4.69, 9.17) is 11.6 Å². The van der Waals surface area contributed by atoms with E-state index in [1.54, 1.807) is 53.4 Å². The van der Waals surface area contributed by atoms with Gasteiger partial charge in [0.05, 0.1) is 21.7 Å². The van der Waals surface area contributed by atoms with E-state index >= 15 is 0 Å². The first-order valence-electron chi connectivity index (χ1n) is 6.65. The first-order valence-corrected chi connectivity index (χ1v) is 10.7. The number of halogens is 1. The third kappa shape index (κ3) is 4.17. The first kappa shape index (κ1) is 16.6. The normalized spacial score (nSPS) is 11.7. The van der Waals surface area contributed by atoms with E-state index in [1.807, 2.05) is 18.4 Å². The monoisotopic (exact) mass is 384 g/mol. The van der Waals surface area contributed by atoms with Crippen LogP contribution in [0.1, 0.15) is 5.56 Å². The Morgan fingerprint density at radius 2 is 1.96 bits per heavy atom. The number of thioether (sulfide) groups is 1. The average Bonchev–Trinajstić information content (AvgIpc) is 2.91. The lowest BCUT2D eigenvalue weighted by atomic mass is 10.2. The van der Waals surface area contributed by atoms with Crippen molar-refractivity contribution in [3.63, 3.8) is 0 Å². The molecule has 0 saturated heterocycles. The van der Waals surface area contributed by atoms with Crippen molar-refractivity contribution in [1.29, 1.82) is 0 Å². The Morgan fingerprint density at radius 3 is 2.65 bits per heavy atom. The lowest BCUT2D eigenvalue weighted by Gasteiger charge is -2.08. The van der Waals surface area contributed by atoms with Crippen molar-refractivity contribution in [2.24, 2.45) is 0 Å². The summed E-state index contributed by atoms with van der Waals surface area (Å²) < 4.78 is 29.1. The summed E-state index contributed by atoms with van der Waals surface area (Å²) in [5.41, 5.74) is 2.10. The summed E-state index contributed by atoms with van der Waals surface area (Å²) in [6.45, 7) is 0. The van der Waals surface area contributed by atoms with Crippen LogP contribution in [0.3, 0.4) is 0 Å². The van der Waals surface area contributed by atoms with Crippen molar-refractivity contribution < 1.29 is 8.42 Å². The Balaban J connectivity index is 1.80. The van der Waals surface area contributed by atoms with Crippen LogP contribution in [-0.4, -0.2) is 19.7 Å². The third-order valence-corrected chi connectivity index (χ3v) is 6.60. The highest BCUT2D eigenvalue weighted by Crippen LogP contribution is 2.30. The Kier molecular flexibility index (Phi) is 4.82. The number of anilines is 1. The molecule has 0 aliphatic carbocycles. The van der Waals surface area contributed by atoms with Crippen LogP contribution in [0.4, 0.5) is 5.69 Å². The maximum absolute atomic E-state index is 12.3. The Hall–Kier alpha value is -1.28. The summed E-state index contributed by atoms with van der Waals surface area (Å²) in [6.07, 6.45) is 1.97. The average molecular weight is 385 g/mol. The summed E-state index contributed by atoms with van der Waals surface area (Å²) in [6, 6.07) is 12.1. The topological polar surface area (TPSA) is 59.1 Å². The van der Waals surface area contributed by atoms with Gasteiger partial charge in [0.2, 0.25) is 10.0 Å². The number of hydrogen-bond donors (Lipinski definition) is 1. The van der Waals surface area contributed by atoms with Crippen molar-refractivity contribution in [3.8, 4) is 0 Å². The molecule has 120 valence electrons. The van der Waals surface area contributed by atoms with Gasteiger partial charge in [0.15, 0.2) is 4.34 Å². The standard InChI is InChI=1S/C15H13ClN2O2S3/c1-21-15-17-13-7-6-12(8-14(13)22-15)18-23(19,20)9-10-2-4-11(16)5-3-10/h2-8,18H,9H2,1H3. The molecule has 23 heavy (non-hydrogen) atoms. The molecular formula is C15H13ClN2O2S3. The van der Waals surface area contributed by atoms with Crippen LogP contribution in [0.25, 0.3) is 10.2 Å². The molecule has 0 amide bonds. The zero-order valence-corrected chi connectivity index (χ0v) is 15.3. The largest absolute Gasteiger partial charge is 0.283 e. The zero-order valence-electron chi connectivity index (χ0n) is 12.1. The van der Waals surface area contributed by atoms with E-state index in [1.165, 1.54) is 0 Å². The number of hydrogen-bond acceptors (Lipinski definition) is 5. The molecule has 0 bridgehead atoms. The Morgan fingerprint density at radius 1 is 1.22 bits per heavy atom. The summed E-state index contributed by atoms with van der Waals surface area (Å²) in [5, 5.41) is 0.583.